The number of benzene rings is 1. The van der Waals surface area contributed by atoms with Crippen LogP contribution in [0.15, 0.2) is 71.8 Å². The molecular formula is C24H34N2O7. The van der Waals surface area contributed by atoms with Crippen molar-refractivity contribution < 1.29 is 28.8 Å². The van der Waals surface area contributed by atoms with Crippen molar-refractivity contribution in [2.45, 2.75) is 21.0 Å². The van der Waals surface area contributed by atoms with Crippen LogP contribution in [0.4, 0.5) is 0 Å². The van der Waals surface area contributed by atoms with E-state index in [0.29, 0.717) is 24.0 Å². The number of aromatic nitrogens is 2. The molecular weight excluding hydrogens is 428 g/mol. The highest BCUT2D eigenvalue weighted by atomic mass is 16.7. The highest BCUT2D eigenvalue weighted by Crippen LogP contribution is 2.15. The van der Waals surface area contributed by atoms with Crippen LogP contribution >= 0.6 is 0 Å². The minimum atomic E-state index is -0.144. The summed E-state index contributed by atoms with van der Waals surface area (Å²) in [6.07, 6.45) is 3.10. The molecule has 9 nitrogen and oxygen atoms in total. The number of H-pyrrole nitrogens is 1. The molecule has 0 aliphatic heterocycles. The van der Waals surface area contributed by atoms with E-state index >= 15 is 0 Å². The number of nitrogens with zero attached hydrogens (tertiary/aromatic N) is 1. The topological polar surface area (TPSA) is 112 Å². The van der Waals surface area contributed by atoms with E-state index in [4.69, 9.17) is 24.1 Å². The van der Waals surface area contributed by atoms with Gasteiger partial charge in [-0.1, -0.05) is 37.8 Å². The van der Waals surface area contributed by atoms with Gasteiger partial charge in [0.15, 0.2) is 13.6 Å². The Kier molecular flexibility index (Phi) is 17.3. The SMILES string of the molecule is C.CCO.COCOc1ccc(=O)[nH]c1.COCOc1ccc(OCc2ccccc2)nc1. The standard InChI is InChI=1S/C14H15NO3.C7H9NO3.C2H6O.CH4/c1-16-11-18-13-7-8-14(15-9-13)17-10-12-5-3-2-4-6-12;1-10-5-11-6-2-3-7(9)8-4-6;1-2-3;/h2-9H,10-11H2,1H3;2-4H,5H2,1H3,(H,8,9);3H,2H2,1H3;1H4. The normalized spacial score (nSPS) is 9.21. The first-order valence-corrected chi connectivity index (χ1v) is 9.78. The Morgan fingerprint density at radius 1 is 0.879 bits per heavy atom. The third-order valence-corrected chi connectivity index (χ3v) is 3.38. The van der Waals surface area contributed by atoms with Crippen LogP contribution in [0.25, 0.3) is 0 Å². The number of pyridine rings is 2. The lowest BCUT2D eigenvalue weighted by Gasteiger charge is -2.07. The molecule has 0 bridgehead atoms. The van der Waals surface area contributed by atoms with Crippen LogP contribution in [0.1, 0.15) is 19.9 Å². The molecule has 2 aromatic heterocycles. The van der Waals surface area contributed by atoms with Gasteiger partial charge in [-0.15, -0.1) is 0 Å². The number of nitrogens with one attached hydrogen (secondary N) is 1. The molecule has 0 spiro atoms. The third kappa shape index (κ3) is 14.3. The molecule has 3 aromatic rings. The van der Waals surface area contributed by atoms with Crippen LogP contribution in [-0.4, -0.2) is 49.5 Å². The van der Waals surface area contributed by atoms with Gasteiger partial charge in [-0.05, 0) is 24.6 Å². The molecule has 0 aliphatic carbocycles. The van der Waals surface area contributed by atoms with Gasteiger partial charge in [0.2, 0.25) is 11.4 Å². The monoisotopic (exact) mass is 462 g/mol. The van der Waals surface area contributed by atoms with Crippen LogP contribution in [-0.2, 0) is 16.1 Å². The lowest BCUT2D eigenvalue weighted by atomic mass is 10.2. The molecule has 1 aromatic carbocycles. The Balaban J connectivity index is 0.000000587. The first-order chi connectivity index (χ1) is 15.6. The van der Waals surface area contributed by atoms with E-state index in [-0.39, 0.29) is 33.2 Å². The zero-order chi connectivity index (χ0) is 23.4. The molecule has 0 unspecified atom stereocenters. The number of ether oxygens (including phenoxy) is 5. The van der Waals surface area contributed by atoms with Crippen molar-refractivity contribution in [1.29, 1.82) is 0 Å². The maximum Gasteiger partial charge on any atom is 0.248 e. The largest absolute Gasteiger partial charge is 0.473 e. The average molecular weight is 463 g/mol. The summed E-state index contributed by atoms with van der Waals surface area (Å²) in [5.41, 5.74) is 0.966. The second-order valence-corrected chi connectivity index (χ2v) is 5.91. The van der Waals surface area contributed by atoms with Crippen molar-refractivity contribution in [3.63, 3.8) is 0 Å². The summed E-state index contributed by atoms with van der Waals surface area (Å²) in [6.45, 7) is 2.84. The number of methoxy groups -OCH3 is 2. The fourth-order valence-corrected chi connectivity index (χ4v) is 2.01. The lowest BCUT2D eigenvalue weighted by Crippen LogP contribution is -2.04. The molecule has 0 radical (unpaired) electrons. The maximum atomic E-state index is 10.6. The minimum absolute atomic E-state index is 0. The van der Waals surface area contributed by atoms with E-state index < -0.39 is 0 Å². The molecule has 2 N–H and O–H groups in total. The number of hydrogen-bond acceptors (Lipinski definition) is 8. The average Bonchev–Trinajstić information content (AvgIpc) is 2.83. The van der Waals surface area contributed by atoms with E-state index in [1.165, 1.54) is 19.4 Å². The summed E-state index contributed by atoms with van der Waals surface area (Å²) in [4.78, 5) is 17.2. The number of aliphatic hydroxyl groups is 1. The van der Waals surface area contributed by atoms with Crippen molar-refractivity contribution in [3.05, 3.63) is 82.9 Å². The second-order valence-electron chi connectivity index (χ2n) is 5.91. The van der Waals surface area contributed by atoms with E-state index in [1.807, 2.05) is 30.3 Å². The molecule has 0 aliphatic rings. The predicted molar refractivity (Wildman–Crippen MR) is 127 cm³/mol. The van der Waals surface area contributed by atoms with Gasteiger partial charge in [0.25, 0.3) is 0 Å². The summed E-state index contributed by atoms with van der Waals surface area (Å²) in [6, 6.07) is 16.5. The zero-order valence-electron chi connectivity index (χ0n) is 18.5. The highest BCUT2D eigenvalue weighted by molar-refractivity contribution is 5.23. The molecule has 0 fully saturated rings. The summed E-state index contributed by atoms with van der Waals surface area (Å²) in [5, 5.41) is 7.57. The van der Waals surface area contributed by atoms with Gasteiger partial charge < -0.3 is 33.8 Å². The van der Waals surface area contributed by atoms with Crippen molar-refractivity contribution >= 4 is 0 Å². The van der Waals surface area contributed by atoms with Crippen LogP contribution in [0.5, 0.6) is 17.4 Å². The molecule has 0 atom stereocenters. The van der Waals surface area contributed by atoms with Crippen molar-refractivity contribution in [2.24, 2.45) is 0 Å². The molecule has 182 valence electrons. The Bertz CT molecular complexity index is 867. The maximum absolute atomic E-state index is 10.6. The number of rotatable bonds is 9. The van der Waals surface area contributed by atoms with Gasteiger partial charge in [0.1, 0.15) is 18.1 Å². The fraction of sp³-hybridized carbons (Fsp3) is 0.333. The lowest BCUT2D eigenvalue weighted by molar-refractivity contribution is 0.0506. The molecule has 9 heteroatoms. The van der Waals surface area contributed by atoms with Crippen LogP contribution in [0.3, 0.4) is 0 Å². The zero-order valence-corrected chi connectivity index (χ0v) is 18.5. The molecule has 3 rings (SSSR count). The van der Waals surface area contributed by atoms with E-state index in [1.54, 1.807) is 38.4 Å². The van der Waals surface area contributed by atoms with Crippen molar-refractivity contribution in [1.82, 2.24) is 9.97 Å². The van der Waals surface area contributed by atoms with Crippen LogP contribution in [0, 0.1) is 0 Å². The van der Waals surface area contributed by atoms with Gasteiger partial charge in [0.05, 0.1) is 6.20 Å². The predicted octanol–water partition coefficient (Wildman–Crippen LogP) is 3.64. The van der Waals surface area contributed by atoms with Gasteiger partial charge in [-0.25, -0.2) is 4.98 Å². The molecule has 0 amide bonds. The fourth-order valence-electron chi connectivity index (χ4n) is 2.01. The molecule has 0 saturated carbocycles. The Morgan fingerprint density at radius 2 is 1.48 bits per heavy atom. The van der Waals surface area contributed by atoms with Gasteiger partial charge in [-0.3, -0.25) is 4.79 Å². The first kappa shape index (κ1) is 29.6. The highest BCUT2D eigenvalue weighted by Gasteiger charge is 1.98. The number of hydrogen-bond donors (Lipinski definition) is 2. The van der Waals surface area contributed by atoms with Gasteiger partial charge in [0, 0.05) is 39.2 Å². The van der Waals surface area contributed by atoms with Crippen LogP contribution < -0.4 is 19.8 Å². The Hall–Kier alpha value is -3.40. The Labute approximate surface area is 194 Å². The third-order valence-electron chi connectivity index (χ3n) is 3.38. The minimum Gasteiger partial charge on any atom is -0.473 e. The smallest absolute Gasteiger partial charge is 0.248 e. The summed E-state index contributed by atoms with van der Waals surface area (Å²) in [5.74, 6) is 1.82. The summed E-state index contributed by atoms with van der Waals surface area (Å²) < 4.78 is 25.3. The van der Waals surface area contributed by atoms with Crippen molar-refractivity contribution in [2.75, 3.05) is 34.4 Å². The molecule has 2 heterocycles. The quantitative estimate of drug-likeness (QED) is 0.464. The summed E-state index contributed by atoms with van der Waals surface area (Å²) in [7, 11) is 3.11. The van der Waals surface area contributed by atoms with Crippen molar-refractivity contribution in [3.8, 4) is 17.4 Å². The first-order valence-electron chi connectivity index (χ1n) is 9.78. The summed E-state index contributed by atoms with van der Waals surface area (Å²) >= 11 is 0. The van der Waals surface area contributed by atoms with Gasteiger partial charge >= 0.3 is 0 Å². The number of aliphatic hydroxyl groups excluding tert-OH is 1. The van der Waals surface area contributed by atoms with Gasteiger partial charge in [-0.2, -0.15) is 0 Å². The van der Waals surface area contributed by atoms with E-state index in [9.17, 15) is 4.79 Å². The second kappa shape index (κ2) is 19.3. The Morgan fingerprint density at radius 3 is 2.00 bits per heavy atom. The molecule has 0 saturated heterocycles. The van der Waals surface area contributed by atoms with Crippen LogP contribution in [0.2, 0.25) is 0 Å². The molecule has 33 heavy (non-hydrogen) atoms. The van der Waals surface area contributed by atoms with E-state index in [0.717, 1.165) is 5.56 Å². The number of aromatic amines is 1. The van der Waals surface area contributed by atoms with E-state index in [2.05, 4.69) is 14.7 Å².